The average Bonchev–Trinajstić information content (AvgIpc) is 2.70. The van der Waals surface area contributed by atoms with Gasteiger partial charge in [0, 0.05) is 18.8 Å². The molecule has 0 heterocycles. The van der Waals surface area contributed by atoms with E-state index in [1.807, 2.05) is 0 Å². The highest BCUT2D eigenvalue weighted by Crippen LogP contribution is 2.38. The Kier molecular flexibility index (Phi) is 6.23. The fourth-order valence-electron chi connectivity index (χ4n) is 2.39. The molecule has 0 aliphatic carbocycles. The van der Waals surface area contributed by atoms with Crippen LogP contribution in [0.15, 0.2) is 42.5 Å². The molecule has 0 bridgehead atoms. The predicted molar refractivity (Wildman–Crippen MR) is 99.7 cm³/mol. The predicted octanol–water partition coefficient (Wildman–Crippen LogP) is 3.26. The molecule has 0 saturated carbocycles. The number of ether oxygens (including phenoxy) is 3. The maximum Gasteiger partial charge on any atom is 0.250 e. The molecule has 1 amide bonds. The van der Waals surface area contributed by atoms with Gasteiger partial charge >= 0.3 is 0 Å². The smallest absolute Gasteiger partial charge is 0.250 e. The first-order chi connectivity index (χ1) is 12.5. The Balaban J connectivity index is 2.25. The van der Waals surface area contributed by atoms with Gasteiger partial charge in [-0.25, -0.2) is 0 Å². The number of methoxy groups -OCH3 is 3. The Morgan fingerprint density at radius 3 is 2.27 bits per heavy atom. The van der Waals surface area contributed by atoms with Crippen LogP contribution in [0.25, 0.3) is 6.08 Å². The van der Waals surface area contributed by atoms with E-state index in [1.165, 1.54) is 32.3 Å². The van der Waals surface area contributed by atoms with Gasteiger partial charge in [0.05, 0.1) is 33.0 Å². The van der Waals surface area contributed by atoms with E-state index < -0.39 is 0 Å². The zero-order chi connectivity index (χ0) is 19.1. The topological polar surface area (TPSA) is 71.8 Å². The van der Waals surface area contributed by atoms with Gasteiger partial charge in [-0.15, -0.1) is 0 Å². The lowest BCUT2D eigenvalue weighted by Gasteiger charge is -2.15. The molecule has 0 radical (unpaired) electrons. The minimum atomic E-state index is -0.228. The highest BCUT2D eigenvalue weighted by molar-refractivity contribution is 6.03. The Hall–Kier alpha value is -3.46. The number of nitrogens with zero attached hydrogens (tertiary/aromatic N) is 2. The summed E-state index contributed by atoms with van der Waals surface area (Å²) in [5.41, 5.74) is 1.87. The number of hydrogen-bond acceptors (Lipinski definition) is 5. The van der Waals surface area contributed by atoms with Gasteiger partial charge in [0.15, 0.2) is 11.5 Å². The average molecular weight is 352 g/mol. The summed E-state index contributed by atoms with van der Waals surface area (Å²) in [6, 6.07) is 12.4. The molecule has 0 aliphatic rings. The van der Waals surface area contributed by atoms with E-state index in [2.05, 4.69) is 6.07 Å². The molecular weight excluding hydrogens is 332 g/mol. The Bertz CT molecular complexity index is 843. The number of carbonyl (C=O) groups is 1. The van der Waals surface area contributed by atoms with Crippen LogP contribution in [0.5, 0.6) is 17.2 Å². The summed E-state index contributed by atoms with van der Waals surface area (Å²) in [4.78, 5) is 13.9. The Morgan fingerprint density at radius 1 is 1.08 bits per heavy atom. The number of rotatable bonds is 6. The summed E-state index contributed by atoms with van der Waals surface area (Å²) in [5, 5.41) is 8.97. The first-order valence-electron chi connectivity index (χ1n) is 7.80. The minimum absolute atomic E-state index is 0.228. The molecular formula is C20H20N2O4. The number of hydrogen-bond donors (Lipinski definition) is 0. The third-order valence-corrected chi connectivity index (χ3v) is 3.80. The molecule has 2 aromatic carbocycles. The van der Waals surface area contributed by atoms with Crippen LogP contribution in [-0.4, -0.2) is 34.3 Å². The van der Waals surface area contributed by atoms with Gasteiger partial charge in [0.1, 0.15) is 0 Å². The first-order valence-corrected chi connectivity index (χ1v) is 7.80. The van der Waals surface area contributed by atoms with Crippen LogP contribution < -0.4 is 19.1 Å². The van der Waals surface area contributed by atoms with E-state index in [0.717, 1.165) is 5.56 Å². The highest BCUT2D eigenvalue weighted by Gasteiger charge is 2.13. The second-order valence-electron chi connectivity index (χ2n) is 5.35. The molecule has 2 aromatic rings. The lowest BCUT2D eigenvalue weighted by Crippen LogP contribution is -2.23. The molecule has 134 valence electrons. The van der Waals surface area contributed by atoms with Crippen molar-refractivity contribution in [3.63, 3.8) is 0 Å². The van der Waals surface area contributed by atoms with E-state index >= 15 is 0 Å². The van der Waals surface area contributed by atoms with Crippen LogP contribution in [0.4, 0.5) is 5.69 Å². The molecule has 0 atom stereocenters. The number of likely N-dealkylation sites (N-methyl/N-ethyl adjacent to an activating group) is 1. The van der Waals surface area contributed by atoms with Crippen molar-refractivity contribution >= 4 is 17.7 Å². The molecule has 0 spiro atoms. The molecule has 2 rings (SSSR count). The van der Waals surface area contributed by atoms with Crippen molar-refractivity contribution < 1.29 is 19.0 Å². The van der Waals surface area contributed by atoms with Gasteiger partial charge < -0.3 is 19.1 Å². The molecule has 0 saturated heterocycles. The van der Waals surface area contributed by atoms with Crippen molar-refractivity contribution in [2.24, 2.45) is 0 Å². The first kappa shape index (κ1) is 18.9. The van der Waals surface area contributed by atoms with Crippen LogP contribution in [0.2, 0.25) is 0 Å². The zero-order valence-corrected chi connectivity index (χ0v) is 15.1. The van der Waals surface area contributed by atoms with Gasteiger partial charge in [-0.3, -0.25) is 4.79 Å². The van der Waals surface area contributed by atoms with Crippen molar-refractivity contribution in [2.75, 3.05) is 33.3 Å². The lowest BCUT2D eigenvalue weighted by molar-refractivity contribution is -0.113. The van der Waals surface area contributed by atoms with Gasteiger partial charge in [0.2, 0.25) is 5.75 Å². The van der Waals surface area contributed by atoms with Crippen molar-refractivity contribution in [2.45, 2.75) is 0 Å². The Morgan fingerprint density at radius 2 is 1.73 bits per heavy atom. The molecule has 6 nitrogen and oxygen atoms in total. The monoisotopic (exact) mass is 352 g/mol. The SMILES string of the molecule is COc1cc(/C=C/C(=O)N(C)c2cccc(C#N)c2)cc(OC)c1OC. The third kappa shape index (κ3) is 4.14. The number of benzene rings is 2. The van der Waals surface area contributed by atoms with Crippen molar-refractivity contribution in [1.82, 2.24) is 0 Å². The normalized spacial score (nSPS) is 10.3. The number of anilines is 1. The largest absolute Gasteiger partial charge is 0.493 e. The van der Waals surface area contributed by atoms with E-state index in [4.69, 9.17) is 19.5 Å². The highest BCUT2D eigenvalue weighted by atomic mass is 16.5. The van der Waals surface area contributed by atoms with Gasteiger partial charge in [0.25, 0.3) is 5.91 Å². The summed E-state index contributed by atoms with van der Waals surface area (Å²) in [7, 11) is 6.25. The van der Waals surface area contributed by atoms with Crippen molar-refractivity contribution in [3.05, 3.63) is 53.6 Å². The van der Waals surface area contributed by atoms with Gasteiger partial charge in [-0.05, 0) is 42.0 Å². The summed E-state index contributed by atoms with van der Waals surface area (Å²) in [6.45, 7) is 0. The van der Waals surface area contributed by atoms with Gasteiger partial charge in [-0.2, -0.15) is 5.26 Å². The second kappa shape index (κ2) is 8.58. The fourth-order valence-corrected chi connectivity index (χ4v) is 2.39. The van der Waals surface area contributed by atoms with Crippen molar-refractivity contribution in [3.8, 4) is 23.3 Å². The summed E-state index contributed by atoms with van der Waals surface area (Å²) < 4.78 is 15.9. The molecule has 26 heavy (non-hydrogen) atoms. The molecule has 0 aliphatic heterocycles. The summed E-state index contributed by atoms with van der Waals surface area (Å²) >= 11 is 0. The molecule has 6 heteroatoms. The maximum atomic E-state index is 12.4. The van der Waals surface area contributed by atoms with E-state index in [9.17, 15) is 4.79 Å². The molecule has 0 fully saturated rings. The number of amides is 1. The zero-order valence-electron chi connectivity index (χ0n) is 15.1. The van der Waals surface area contributed by atoms with E-state index in [0.29, 0.717) is 28.5 Å². The summed E-state index contributed by atoms with van der Waals surface area (Å²) in [5.74, 6) is 1.28. The Labute approximate surface area is 152 Å². The van der Waals surface area contributed by atoms with Crippen LogP contribution in [0.1, 0.15) is 11.1 Å². The quantitative estimate of drug-likeness (QED) is 0.746. The maximum absolute atomic E-state index is 12.4. The number of carbonyl (C=O) groups excluding carboxylic acids is 1. The molecule has 0 aromatic heterocycles. The van der Waals surface area contributed by atoms with E-state index in [-0.39, 0.29) is 5.91 Å². The van der Waals surface area contributed by atoms with Crippen LogP contribution in [0.3, 0.4) is 0 Å². The van der Waals surface area contributed by atoms with E-state index in [1.54, 1.807) is 49.5 Å². The van der Waals surface area contributed by atoms with Gasteiger partial charge in [-0.1, -0.05) is 6.07 Å². The molecule has 0 N–H and O–H groups in total. The van der Waals surface area contributed by atoms with Crippen LogP contribution in [-0.2, 0) is 4.79 Å². The molecule has 0 unspecified atom stereocenters. The third-order valence-electron chi connectivity index (χ3n) is 3.80. The number of nitriles is 1. The second-order valence-corrected chi connectivity index (χ2v) is 5.35. The van der Waals surface area contributed by atoms with Crippen molar-refractivity contribution in [1.29, 1.82) is 5.26 Å². The minimum Gasteiger partial charge on any atom is -0.493 e. The van der Waals surface area contributed by atoms with Crippen LogP contribution in [0, 0.1) is 11.3 Å². The summed E-state index contributed by atoms with van der Waals surface area (Å²) in [6.07, 6.45) is 3.11. The lowest BCUT2D eigenvalue weighted by atomic mass is 10.1. The van der Waals surface area contributed by atoms with Crippen LogP contribution >= 0.6 is 0 Å². The standard InChI is InChI=1S/C20H20N2O4/c1-22(16-7-5-6-15(10-16)13-21)19(23)9-8-14-11-17(24-2)20(26-4)18(12-14)25-3/h5-12H,1-4H3/b9-8+. The fraction of sp³-hybridized carbons (Fsp3) is 0.200.